The molecule has 0 aliphatic carbocycles. The summed E-state index contributed by atoms with van der Waals surface area (Å²) in [5.74, 6) is 1.24. The molecule has 26 heavy (non-hydrogen) atoms. The number of ether oxygens (including phenoxy) is 2. The fourth-order valence-corrected chi connectivity index (χ4v) is 3.31. The van der Waals surface area contributed by atoms with Crippen LogP contribution in [0.2, 0.25) is 0 Å². The minimum absolute atomic E-state index is 0.246. The van der Waals surface area contributed by atoms with Crippen LogP contribution >= 0.6 is 11.3 Å². The number of thiophene rings is 1. The maximum atomic E-state index is 11.6. The van der Waals surface area contributed by atoms with E-state index in [4.69, 9.17) is 19.4 Å². The van der Waals surface area contributed by atoms with Crippen molar-refractivity contribution in [1.29, 1.82) is 0 Å². The molecule has 0 amide bonds. The van der Waals surface area contributed by atoms with Gasteiger partial charge in [0, 0.05) is 36.5 Å². The van der Waals surface area contributed by atoms with Crippen LogP contribution in [0.4, 0.5) is 5.82 Å². The first-order chi connectivity index (χ1) is 12.7. The molecule has 3 aromatic rings. The van der Waals surface area contributed by atoms with Crippen LogP contribution in [0.3, 0.4) is 0 Å². The van der Waals surface area contributed by atoms with Gasteiger partial charge in [-0.3, -0.25) is 4.79 Å². The van der Waals surface area contributed by atoms with Crippen molar-refractivity contribution in [2.75, 3.05) is 38.8 Å². The predicted octanol–water partition coefficient (Wildman–Crippen LogP) is 3.37. The first-order valence-electron chi connectivity index (χ1n) is 8.33. The number of hydrogen-bond acceptors (Lipinski definition) is 7. The largest absolute Gasteiger partial charge is 0.469 e. The van der Waals surface area contributed by atoms with Crippen LogP contribution in [0, 0.1) is 0 Å². The van der Waals surface area contributed by atoms with Crippen molar-refractivity contribution in [3.05, 3.63) is 41.1 Å². The molecular weight excluding hydrogens is 350 g/mol. The van der Waals surface area contributed by atoms with Gasteiger partial charge in [-0.15, -0.1) is 0 Å². The molecule has 6 nitrogen and oxygen atoms in total. The van der Waals surface area contributed by atoms with Gasteiger partial charge in [-0.25, -0.2) is 9.97 Å². The Morgan fingerprint density at radius 1 is 1.15 bits per heavy atom. The maximum absolute atomic E-state index is 11.6. The fraction of sp³-hybridized carbons (Fsp3) is 0.316. The Kier molecular flexibility index (Phi) is 6.14. The standard InChI is InChI=1S/C19H21N3O3S/c1-24-11-10-22(9-7-17(23)25-2)19-15-5-3-4-6-16(15)20-18(21-19)14-8-12-26-13-14/h3-6,8,12-13H,7,9-11H2,1-2H3. The molecule has 0 aliphatic rings. The maximum Gasteiger partial charge on any atom is 0.307 e. The summed E-state index contributed by atoms with van der Waals surface area (Å²) >= 11 is 1.61. The molecule has 0 unspecified atom stereocenters. The van der Waals surface area contributed by atoms with E-state index >= 15 is 0 Å². The number of fused-ring (bicyclic) bond motifs is 1. The van der Waals surface area contributed by atoms with E-state index in [0.29, 0.717) is 25.5 Å². The van der Waals surface area contributed by atoms with E-state index in [1.165, 1.54) is 7.11 Å². The second-order valence-electron chi connectivity index (χ2n) is 5.71. The summed E-state index contributed by atoms with van der Waals surface area (Å²) in [6.45, 7) is 1.66. The van der Waals surface area contributed by atoms with Gasteiger partial charge in [-0.2, -0.15) is 11.3 Å². The van der Waals surface area contributed by atoms with Crippen molar-refractivity contribution in [2.45, 2.75) is 6.42 Å². The van der Waals surface area contributed by atoms with Crippen molar-refractivity contribution >= 4 is 34.0 Å². The number of benzene rings is 1. The Bertz CT molecular complexity index is 868. The average Bonchev–Trinajstić information content (AvgIpc) is 3.22. The highest BCUT2D eigenvalue weighted by molar-refractivity contribution is 7.08. The van der Waals surface area contributed by atoms with Crippen LogP contribution in [-0.4, -0.2) is 49.9 Å². The van der Waals surface area contributed by atoms with E-state index in [9.17, 15) is 4.79 Å². The van der Waals surface area contributed by atoms with Gasteiger partial charge in [0.25, 0.3) is 0 Å². The molecule has 0 bridgehead atoms. The molecule has 136 valence electrons. The molecule has 0 fully saturated rings. The molecule has 0 N–H and O–H groups in total. The summed E-state index contributed by atoms with van der Waals surface area (Å²) in [5.41, 5.74) is 1.86. The third kappa shape index (κ3) is 4.17. The van der Waals surface area contributed by atoms with Crippen molar-refractivity contribution in [2.24, 2.45) is 0 Å². The third-order valence-electron chi connectivity index (χ3n) is 4.04. The SMILES string of the molecule is COCCN(CCC(=O)OC)c1nc(-c2ccsc2)nc2ccccc12. The molecule has 0 aliphatic heterocycles. The summed E-state index contributed by atoms with van der Waals surface area (Å²) in [4.78, 5) is 23.2. The molecule has 0 saturated heterocycles. The highest BCUT2D eigenvalue weighted by Gasteiger charge is 2.17. The number of aromatic nitrogens is 2. The number of methoxy groups -OCH3 is 2. The van der Waals surface area contributed by atoms with Crippen molar-refractivity contribution in [1.82, 2.24) is 9.97 Å². The molecule has 2 aromatic heterocycles. The second-order valence-corrected chi connectivity index (χ2v) is 6.49. The smallest absolute Gasteiger partial charge is 0.307 e. The molecule has 0 spiro atoms. The number of esters is 1. The Labute approximate surface area is 156 Å². The number of carbonyl (C=O) groups is 1. The lowest BCUT2D eigenvalue weighted by atomic mass is 10.2. The summed E-state index contributed by atoms with van der Waals surface area (Å²) in [6.07, 6.45) is 0.284. The Hall–Kier alpha value is -2.51. The van der Waals surface area contributed by atoms with E-state index < -0.39 is 0 Å². The lowest BCUT2D eigenvalue weighted by Gasteiger charge is -2.24. The molecule has 7 heteroatoms. The number of para-hydroxylation sites is 1. The van der Waals surface area contributed by atoms with Crippen LogP contribution in [0.5, 0.6) is 0 Å². The lowest BCUT2D eigenvalue weighted by molar-refractivity contribution is -0.140. The summed E-state index contributed by atoms with van der Waals surface area (Å²) in [7, 11) is 3.06. The fourth-order valence-electron chi connectivity index (χ4n) is 2.68. The van der Waals surface area contributed by atoms with Crippen molar-refractivity contribution in [3.63, 3.8) is 0 Å². The van der Waals surface area contributed by atoms with Gasteiger partial charge < -0.3 is 14.4 Å². The molecule has 3 rings (SSSR count). The zero-order valence-electron chi connectivity index (χ0n) is 14.8. The number of rotatable bonds is 8. The van der Waals surface area contributed by atoms with E-state index in [-0.39, 0.29) is 12.4 Å². The van der Waals surface area contributed by atoms with Crippen LogP contribution in [-0.2, 0) is 14.3 Å². The minimum atomic E-state index is -0.246. The van der Waals surface area contributed by atoms with Gasteiger partial charge in [0.05, 0.1) is 25.7 Å². The third-order valence-corrected chi connectivity index (χ3v) is 4.72. The number of nitrogens with zero attached hydrogens (tertiary/aromatic N) is 3. The van der Waals surface area contributed by atoms with Crippen LogP contribution in [0.1, 0.15) is 6.42 Å². The Balaban J connectivity index is 2.04. The molecule has 1 aromatic carbocycles. The number of hydrogen-bond donors (Lipinski definition) is 0. The van der Waals surface area contributed by atoms with Gasteiger partial charge in [0.1, 0.15) is 5.82 Å². The summed E-state index contributed by atoms with van der Waals surface area (Å²) in [6, 6.07) is 9.91. The molecule has 0 radical (unpaired) electrons. The lowest BCUT2D eigenvalue weighted by Crippen LogP contribution is -2.31. The zero-order chi connectivity index (χ0) is 18.4. The normalized spacial score (nSPS) is 10.8. The van der Waals surface area contributed by atoms with Gasteiger partial charge >= 0.3 is 5.97 Å². The van der Waals surface area contributed by atoms with Crippen LogP contribution in [0.15, 0.2) is 41.1 Å². The highest BCUT2D eigenvalue weighted by atomic mass is 32.1. The monoisotopic (exact) mass is 371 g/mol. The predicted molar refractivity (Wildman–Crippen MR) is 104 cm³/mol. The molecule has 0 saturated carbocycles. The summed E-state index contributed by atoms with van der Waals surface area (Å²) < 4.78 is 10.0. The minimum Gasteiger partial charge on any atom is -0.469 e. The van der Waals surface area contributed by atoms with Gasteiger partial charge in [0.15, 0.2) is 5.82 Å². The van der Waals surface area contributed by atoms with Crippen LogP contribution < -0.4 is 4.90 Å². The van der Waals surface area contributed by atoms with Crippen LogP contribution in [0.25, 0.3) is 22.3 Å². The topological polar surface area (TPSA) is 64.5 Å². The van der Waals surface area contributed by atoms with E-state index in [0.717, 1.165) is 22.3 Å². The first kappa shape index (κ1) is 18.3. The van der Waals surface area contributed by atoms with Gasteiger partial charge in [0.2, 0.25) is 0 Å². The molecular formula is C19H21N3O3S. The van der Waals surface area contributed by atoms with Gasteiger partial charge in [-0.05, 0) is 23.6 Å². The molecule has 0 atom stereocenters. The Morgan fingerprint density at radius 2 is 2.00 bits per heavy atom. The zero-order valence-corrected chi connectivity index (χ0v) is 15.7. The number of carbonyl (C=O) groups excluding carboxylic acids is 1. The number of anilines is 1. The second kappa shape index (κ2) is 8.73. The first-order valence-corrected chi connectivity index (χ1v) is 9.27. The van der Waals surface area contributed by atoms with Crippen molar-refractivity contribution < 1.29 is 14.3 Å². The highest BCUT2D eigenvalue weighted by Crippen LogP contribution is 2.28. The molecule has 2 heterocycles. The van der Waals surface area contributed by atoms with E-state index in [1.54, 1.807) is 18.4 Å². The van der Waals surface area contributed by atoms with Crippen molar-refractivity contribution in [3.8, 4) is 11.4 Å². The average molecular weight is 371 g/mol. The quantitative estimate of drug-likeness (QED) is 0.566. The van der Waals surface area contributed by atoms with Gasteiger partial charge in [-0.1, -0.05) is 12.1 Å². The Morgan fingerprint density at radius 3 is 2.73 bits per heavy atom. The van der Waals surface area contributed by atoms with E-state index in [1.807, 2.05) is 41.1 Å². The van der Waals surface area contributed by atoms with E-state index in [2.05, 4.69) is 4.90 Å². The summed E-state index contributed by atoms with van der Waals surface area (Å²) in [5, 5.41) is 4.99.